The van der Waals surface area contributed by atoms with Crippen molar-refractivity contribution in [1.82, 2.24) is 10.2 Å². The lowest BCUT2D eigenvalue weighted by Crippen LogP contribution is -2.34. The fraction of sp³-hybridized carbons (Fsp3) is 0.462. The highest BCUT2D eigenvalue weighted by molar-refractivity contribution is 5.97. The average Bonchev–Trinajstić information content (AvgIpc) is 2.35. The molecule has 4 heteroatoms. The zero-order valence-corrected chi connectivity index (χ0v) is 10.3. The predicted octanol–water partition coefficient (Wildman–Crippen LogP) is 0.913. The lowest BCUT2D eigenvalue weighted by molar-refractivity contribution is 0.0779. The van der Waals surface area contributed by atoms with Crippen molar-refractivity contribution < 1.29 is 9.53 Å². The van der Waals surface area contributed by atoms with Crippen molar-refractivity contribution in [3.63, 3.8) is 0 Å². The van der Waals surface area contributed by atoms with Crippen LogP contribution in [0.4, 0.5) is 0 Å². The van der Waals surface area contributed by atoms with Crippen molar-refractivity contribution >= 4 is 5.91 Å². The SMILES string of the molecule is CNCCOc1cccc2c1CCN(C)C2=O. The highest BCUT2D eigenvalue weighted by Crippen LogP contribution is 2.27. The zero-order chi connectivity index (χ0) is 12.3. The Balaban J connectivity index is 2.21. The smallest absolute Gasteiger partial charge is 0.254 e. The van der Waals surface area contributed by atoms with E-state index in [1.807, 2.05) is 32.3 Å². The molecule has 1 amide bonds. The van der Waals surface area contributed by atoms with Crippen LogP contribution in [0.15, 0.2) is 18.2 Å². The minimum Gasteiger partial charge on any atom is -0.492 e. The number of carbonyl (C=O) groups excluding carboxylic acids is 1. The molecule has 2 rings (SSSR count). The van der Waals surface area contributed by atoms with E-state index in [4.69, 9.17) is 4.74 Å². The lowest BCUT2D eigenvalue weighted by atomic mass is 9.98. The predicted molar refractivity (Wildman–Crippen MR) is 66.5 cm³/mol. The number of nitrogens with zero attached hydrogens (tertiary/aromatic N) is 1. The molecular formula is C13H18N2O2. The van der Waals surface area contributed by atoms with Gasteiger partial charge in [0.25, 0.3) is 5.91 Å². The van der Waals surface area contributed by atoms with E-state index in [0.29, 0.717) is 6.61 Å². The first-order valence-corrected chi connectivity index (χ1v) is 5.89. The number of hydrogen-bond donors (Lipinski definition) is 1. The molecule has 0 aliphatic carbocycles. The fourth-order valence-electron chi connectivity index (χ4n) is 2.01. The van der Waals surface area contributed by atoms with Crippen LogP contribution < -0.4 is 10.1 Å². The standard InChI is InChI=1S/C13H18N2O2/c1-14-7-9-17-12-5-3-4-11-10(12)6-8-15(2)13(11)16/h3-5,14H,6-9H2,1-2H3. The van der Waals surface area contributed by atoms with E-state index >= 15 is 0 Å². The third-order valence-corrected chi connectivity index (χ3v) is 3.02. The molecule has 0 unspecified atom stereocenters. The van der Waals surface area contributed by atoms with Crippen LogP contribution in [-0.2, 0) is 6.42 Å². The van der Waals surface area contributed by atoms with Gasteiger partial charge in [0, 0.05) is 31.3 Å². The third-order valence-electron chi connectivity index (χ3n) is 3.02. The normalized spacial score (nSPS) is 14.7. The van der Waals surface area contributed by atoms with Crippen molar-refractivity contribution in [2.45, 2.75) is 6.42 Å². The molecule has 1 heterocycles. The fourth-order valence-corrected chi connectivity index (χ4v) is 2.01. The molecule has 0 bridgehead atoms. The number of benzene rings is 1. The summed E-state index contributed by atoms with van der Waals surface area (Å²) < 4.78 is 5.70. The Bertz CT molecular complexity index is 418. The quantitative estimate of drug-likeness (QED) is 0.787. The van der Waals surface area contributed by atoms with Gasteiger partial charge in [-0.05, 0) is 25.6 Å². The molecule has 0 aromatic heterocycles. The van der Waals surface area contributed by atoms with Gasteiger partial charge >= 0.3 is 0 Å². The second-order valence-electron chi connectivity index (χ2n) is 4.21. The number of hydrogen-bond acceptors (Lipinski definition) is 3. The van der Waals surface area contributed by atoms with E-state index in [9.17, 15) is 4.79 Å². The van der Waals surface area contributed by atoms with E-state index in [1.54, 1.807) is 4.90 Å². The summed E-state index contributed by atoms with van der Waals surface area (Å²) in [4.78, 5) is 13.7. The largest absolute Gasteiger partial charge is 0.492 e. The molecule has 1 aromatic carbocycles. The number of carbonyl (C=O) groups is 1. The molecule has 0 saturated heterocycles. The van der Waals surface area contributed by atoms with E-state index in [-0.39, 0.29) is 5.91 Å². The van der Waals surface area contributed by atoms with Gasteiger partial charge in [-0.2, -0.15) is 0 Å². The summed E-state index contributed by atoms with van der Waals surface area (Å²) in [7, 11) is 3.72. The maximum Gasteiger partial charge on any atom is 0.254 e. The molecule has 17 heavy (non-hydrogen) atoms. The topological polar surface area (TPSA) is 41.6 Å². The van der Waals surface area contributed by atoms with Gasteiger partial charge in [-0.1, -0.05) is 6.07 Å². The minimum atomic E-state index is 0.0883. The first-order valence-electron chi connectivity index (χ1n) is 5.89. The molecule has 0 radical (unpaired) electrons. The molecule has 0 fully saturated rings. The highest BCUT2D eigenvalue weighted by Gasteiger charge is 2.23. The van der Waals surface area contributed by atoms with E-state index in [0.717, 1.165) is 36.4 Å². The molecule has 0 saturated carbocycles. The second-order valence-corrected chi connectivity index (χ2v) is 4.21. The molecule has 4 nitrogen and oxygen atoms in total. The van der Waals surface area contributed by atoms with Crippen molar-refractivity contribution in [2.24, 2.45) is 0 Å². The molecule has 1 aliphatic rings. The van der Waals surface area contributed by atoms with Gasteiger partial charge < -0.3 is 15.0 Å². The van der Waals surface area contributed by atoms with Gasteiger partial charge in [0.15, 0.2) is 0 Å². The van der Waals surface area contributed by atoms with Crippen LogP contribution in [0.3, 0.4) is 0 Å². The third kappa shape index (κ3) is 2.42. The number of fused-ring (bicyclic) bond motifs is 1. The van der Waals surface area contributed by atoms with Crippen LogP contribution in [0.5, 0.6) is 5.75 Å². The molecule has 1 aliphatic heterocycles. The molecule has 1 aromatic rings. The first kappa shape index (κ1) is 11.9. The van der Waals surface area contributed by atoms with Crippen LogP contribution in [0, 0.1) is 0 Å². The summed E-state index contributed by atoms with van der Waals surface area (Å²) in [5.41, 5.74) is 1.83. The molecule has 92 valence electrons. The molecule has 1 N–H and O–H groups in total. The molecular weight excluding hydrogens is 216 g/mol. The van der Waals surface area contributed by atoms with Crippen LogP contribution in [0.25, 0.3) is 0 Å². The van der Waals surface area contributed by atoms with Gasteiger partial charge in [-0.25, -0.2) is 0 Å². The summed E-state index contributed by atoms with van der Waals surface area (Å²) in [5, 5.41) is 3.03. The zero-order valence-electron chi connectivity index (χ0n) is 10.3. The molecule has 0 spiro atoms. The summed E-state index contributed by atoms with van der Waals surface area (Å²) in [6.45, 7) is 2.19. The monoisotopic (exact) mass is 234 g/mol. The summed E-state index contributed by atoms with van der Waals surface area (Å²) in [6, 6.07) is 5.69. The van der Waals surface area contributed by atoms with Crippen molar-refractivity contribution in [3.8, 4) is 5.75 Å². The molecule has 0 atom stereocenters. The summed E-state index contributed by atoms with van der Waals surface area (Å²) in [6.07, 6.45) is 0.868. The van der Waals surface area contributed by atoms with E-state index in [1.165, 1.54) is 0 Å². The van der Waals surface area contributed by atoms with E-state index < -0.39 is 0 Å². The van der Waals surface area contributed by atoms with Gasteiger partial charge in [-0.3, -0.25) is 4.79 Å². The lowest BCUT2D eigenvalue weighted by Gasteiger charge is -2.26. The number of ether oxygens (including phenoxy) is 1. The Morgan fingerprint density at radius 1 is 1.47 bits per heavy atom. The Morgan fingerprint density at radius 2 is 2.29 bits per heavy atom. The van der Waals surface area contributed by atoms with Crippen LogP contribution in [-0.4, -0.2) is 44.6 Å². The van der Waals surface area contributed by atoms with E-state index in [2.05, 4.69) is 5.32 Å². The number of likely N-dealkylation sites (N-methyl/N-ethyl adjacent to an activating group) is 2. The number of nitrogens with one attached hydrogen (secondary N) is 1. The average molecular weight is 234 g/mol. The second kappa shape index (κ2) is 5.19. The number of amides is 1. The maximum absolute atomic E-state index is 12.0. The first-order chi connectivity index (χ1) is 8.24. The Kier molecular flexibility index (Phi) is 3.64. The Labute approximate surface area is 102 Å². The maximum atomic E-state index is 12.0. The van der Waals surface area contributed by atoms with Crippen molar-refractivity contribution in [2.75, 3.05) is 33.8 Å². The van der Waals surface area contributed by atoms with Gasteiger partial charge in [0.2, 0.25) is 0 Å². The Morgan fingerprint density at radius 3 is 3.06 bits per heavy atom. The van der Waals surface area contributed by atoms with Gasteiger partial charge in [0.05, 0.1) is 0 Å². The summed E-state index contributed by atoms with van der Waals surface area (Å²) >= 11 is 0. The van der Waals surface area contributed by atoms with Crippen LogP contribution in [0.2, 0.25) is 0 Å². The highest BCUT2D eigenvalue weighted by atomic mass is 16.5. The van der Waals surface area contributed by atoms with Crippen LogP contribution in [0.1, 0.15) is 15.9 Å². The van der Waals surface area contributed by atoms with Gasteiger partial charge in [-0.15, -0.1) is 0 Å². The van der Waals surface area contributed by atoms with Crippen molar-refractivity contribution in [3.05, 3.63) is 29.3 Å². The van der Waals surface area contributed by atoms with Crippen molar-refractivity contribution in [1.29, 1.82) is 0 Å². The summed E-state index contributed by atoms with van der Waals surface area (Å²) in [5.74, 6) is 0.935. The van der Waals surface area contributed by atoms with Crippen LogP contribution >= 0.6 is 0 Å². The minimum absolute atomic E-state index is 0.0883. The number of rotatable bonds is 4. The van der Waals surface area contributed by atoms with Gasteiger partial charge in [0.1, 0.15) is 12.4 Å². The Hall–Kier alpha value is -1.55.